The summed E-state index contributed by atoms with van der Waals surface area (Å²) in [6.07, 6.45) is 93.8. The molecular weight excluding hydrogens is 1020 g/mol. The SMILES string of the molecule is CCCCC/C=C\C/C=C\CCCCCCCCCC(=O)OCCCCCCCCCCCCCCCCCCCCCCCCCCC(=O)NC(CO)C(O)/C=C/CCCCCCCCCCCCCCCCCCCCCCCCC. The zero-order chi connectivity index (χ0) is 59.9. The maximum atomic E-state index is 12.6. The second-order valence-corrected chi connectivity index (χ2v) is 26.0. The van der Waals surface area contributed by atoms with Crippen LogP contribution in [0.4, 0.5) is 0 Å². The summed E-state index contributed by atoms with van der Waals surface area (Å²) >= 11 is 0. The normalized spacial score (nSPS) is 12.7. The molecule has 0 bridgehead atoms. The standard InChI is InChI=1S/C77H147NO5/c1-3-5-7-9-11-13-15-17-19-21-22-23-24-25-28-31-34-38-41-45-49-53-57-61-65-69-75(80)74(73-79)78-76(81)70-66-62-58-54-50-46-42-39-35-32-29-26-27-30-33-36-40-44-48-52-56-60-64-68-72-83-77(82)71-67-63-59-55-51-47-43-37-20-18-16-14-12-10-8-6-4-2/h12,14,18,20,65,69,74-75,79-80H,3-11,13,15-17,19,21-64,66-68,70-73H2,1-2H3,(H,78,81)/b14-12-,20-18-,69-65+. The Morgan fingerprint density at radius 2 is 0.602 bits per heavy atom. The summed E-state index contributed by atoms with van der Waals surface area (Å²) in [4.78, 5) is 24.7. The van der Waals surface area contributed by atoms with Gasteiger partial charge in [-0.2, -0.15) is 0 Å². The first-order valence-electron chi connectivity index (χ1n) is 37.8. The van der Waals surface area contributed by atoms with E-state index < -0.39 is 12.1 Å². The van der Waals surface area contributed by atoms with Crippen LogP contribution in [-0.4, -0.2) is 47.4 Å². The molecule has 0 aromatic heterocycles. The van der Waals surface area contributed by atoms with Gasteiger partial charge in [0.05, 0.1) is 25.4 Å². The fourth-order valence-electron chi connectivity index (χ4n) is 11.9. The number of unbranched alkanes of at least 4 members (excludes halogenated alkanes) is 56. The Hall–Kier alpha value is -1.92. The Kier molecular flexibility index (Phi) is 70.9. The van der Waals surface area contributed by atoms with E-state index in [9.17, 15) is 19.8 Å². The van der Waals surface area contributed by atoms with Crippen LogP contribution in [0.2, 0.25) is 0 Å². The second-order valence-electron chi connectivity index (χ2n) is 26.0. The number of allylic oxidation sites excluding steroid dienone is 5. The minimum atomic E-state index is -0.846. The Labute approximate surface area is 519 Å². The lowest BCUT2D eigenvalue weighted by atomic mass is 10.0. The summed E-state index contributed by atoms with van der Waals surface area (Å²) in [5.74, 6) is -0.0542. The lowest BCUT2D eigenvalue weighted by Gasteiger charge is -2.20. The summed E-state index contributed by atoms with van der Waals surface area (Å²) in [5, 5.41) is 23.3. The molecule has 83 heavy (non-hydrogen) atoms. The minimum absolute atomic E-state index is 0.00802. The smallest absolute Gasteiger partial charge is 0.305 e. The monoisotopic (exact) mass is 1170 g/mol. The van der Waals surface area contributed by atoms with Gasteiger partial charge >= 0.3 is 5.97 Å². The summed E-state index contributed by atoms with van der Waals surface area (Å²) in [6.45, 7) is 4.92. The van der Waals surface area contributed by atoms with E-state index in [1.807, 2.05) is 6.08 Å². The van der Waals surface area contributed by atoms with E-state index in [4.69, 9.17) is 4.74 Å². The topological polar surface area (TPSA) is 95.9 Å². The quantitative estimate of drug-likeness (QED) is 0.0320. The molecule has 6 heteroatoms. The van der Waals surface area contributed by atoms with Gasteiger partial charge in [-0.25, -0.2) is 0 Å². The van der Waals surface area contributed by atoms with Crippen LogP contribution in [0.5, 0.6) is 0 Å². The molecule has 0 spiro atoms. The molecular formula is C77H147NO5. The van der Waals surface area contributed by atoms with Gasteiger partial charge in [0.2, 0.25) is 5.91 Å². The first kappa shape index (κ1) is 81.1. The number of nitrogens with one attached hydrogen (secondary N) is 1. The molecule has 490 valence electrons. The molecule has 0 aliphatic carbocycles. The molecule has 1 amide bonds. The van der Waals surface area contributed by atoms with E-state index in [-0.39, 0.29) is 18.5 Å². The third-order valence-corrected chi connectivity index (χ3v) is 17.7. The Bertz CT molecular complexity index is 1340. The third-order valence-electron chi connectivity index (χ3n) is 17.7. The number of aliphatic hydroxyl groups excluding tert-OH is 2. The van der Waals surface area contributed by atoms with Crippen LogP contribution in [-0.2, 0) is 14.3 Å². The van der Waals surface area contributed by atoms with E-state index in [0.29, 0.717) is 19.4 Å². The van der Waals surface area contributed by atoms with Gasteiger partial charge in [-0.15, -0.1) is 0 Å². The van der Waals surface area contributed by atoms with E-state index in [1.54, 1.807) is 6.08 Å². The minimum Gasteiger partial charge on any atom is -0.466 e. The van der Waals surface area contributed by atoms with Crippen molar-refractivity contribution in [1.82, 2.24) is 5.32 Å². The zero-order valence-corrected chi connectivity index (χ0v) is 56.2. The number of aliphatic hydroxyl groups is 2. The molecule has 0 radical (unpaired) electrons. The number of amides is 1. The Morgan fingerprint density at radius 1 is 0.337 bits per heavy atom. The molecule has 0 aliphatic heterocycles. The van der Waals surface area contributed by atoms with E-state index in [0.717, 1.165) is 51.4 Å². The number of hydrogen-bond donors (Lipinski definition) is 3. The van der Waals surface area contributed by atoms with Gasteiger partial charge in [-0.3, -0.25) is 9.59 Å². The van der Waals surface area contributed by atoms with Crippen LogP contribution in [0.3, 0.4) is 0 Å². The van der Waals surface area contributed by atoms with Gasteiger partial charge in [-0.05, 0) is 64.2 Å². The molecule has 0 aromatic rings. The lowest BCUT2D eigenvalue weighted by Crippen LogP contribution is -2.45. The molecule has 2 unspecified atom stereocenters. The first-order valence-corrected chi connectivity index (χ1v) is 37.8. The lowest BCUT2D eigenvalue weighted by molar-refractivity contribution is -0.143. The molecule has 0 saturated heterocycles. The number of ether oxygens (including phenoxy) is 1. The predicted molar refractivity (Wildman–Crippen MR) is 366 cm³/mol. The van der Waals surface area contributed by atoms with Crippen molar-refractivity contribution < 1.29 is 24.5 Å². The van der Waals surface area contributed by atoms with Crippen molar-refractivity contribution in [3.8, 4) is 0 Å². The number of carbonyl (C=O) groups is 2. The van der Waals surface area contributed by atoms with Crippen molar-refractivity contribution in [2.75, 3.05) is 13.2 Å². The maximum absolute atomic E-state index is 12.6. The largest absolute Gasteiger partial charge is 0.466 e. The number of rotatable bonds is 71. The van der Waals surface area contributed by atoms with Crippen LogP contribution in [0.25, 0.3) is 0 Å². The number of esters is 1. The average Bonchev–Trinajstić information content (AvgIpc) is 3.49. The van der Waals surface area contributed by atoms with Crippen molar-refractivity contribution in [2.24, 2.45) is 0 Å². The summed E-state index contributed by atoms with van der Waals surface area (Å²) < 4.78 is 5.50. The third kappa shape index (κ3) is 69.1. The van der Waals surface area contributed by atoms with Crippen molar-refractivity contribution >= 4 is 11.9 Å². The van der Waals surface area contributed by atoms with Crippen LogP contribution in [0.15, 0.2) is 36.5 Å². The predicted octanol–water partition coefficient (Wildman–Crippen LogP) is 24.7. The Balaban J connectivity index is 3.39. The van der Waals surface area contributed by atoms with Gasteiger partial charge in [0.25, 0.3) is 0 Å². The highest BCUT2D eigenvalue weighted by atomic mass is 16.5. The molecule has 3 N–H and O–H groups in total. The maximum Gasteiger partial charge on any atom is 0.305 e. The number of hydrogen-bond acceptors (Lipinski definition) is 5. The van der Waals surface area contributed by atoms with E-state index >= 15 is 0 Å². The fraction of sp³-hybridized carbons (Fsp3) is 0.896. The highest BCUT2D eigenvalue weighted by molar-refractivity contribution is 5.76. The van der Waals surface area contributed by atoms with Gasteiger partial charge in [0.1, 0.15) is 0 Å². The van der Waals surface area contributed by atoms with E-state index in [1.165, 1.54) is 340 Å². The van der Waals surface area contributed by atoms with Crippen molar-refractivity contribution in [3.63, 3.8) is 0 Å². The second kappa shape index (κ2) is 72.6. The summed E-state index contributed by atoms with van der Waals surface area (Å²) in [7, 11) is 0. The van der Waals surface area contributed by atoms with Crippen molar-refractivity contribution in [1.29, 1.82) is 0 Å². The van der Waals surface area contributed by atoms with Crippen LogP contribution in [0.1, 0.15) is 418 Å². The van der Waals surface area contributed by atoms with E-state index in [2.05, 4.69) is 43.5 Å². The molecule has 0 heterocycles. The van der Waals surface area contributed by atoms with Crippen LogP contribution < -0.4 is 5.32 Å². The van der Waals surface area contributed by atoms with Gasteiger partial charge in [-0.1, -0.05) is 378 Å². The molecule has 0 rings (SSSR count). The van der Waals surface area contributed by atoms with Crippen LogP contribution in [0, 0.1) is 0 Å². The van der Waals surface area contributed by atoms with Crippen molar-refractivity contribution in [2.45, 2.75) is 431 Å². The summed E-state index contributed by atoms with van der Waals surface area (Å²) in [5.41, 5.74) is 0. The molecule has 2 atom stereocenters. The summed E-state index contributed by atoms with van der Waals surface area (Å²) in [6, 6.07) is -0.629. The van der Waals surface area contributed by atoms with Gasteiger partial charge in [0, 0.05) is 12.8 Å². The van der Waals surface area contributed by atoms with Gasteiger partial charge < -0.3 is 20.3 Å². The first-order chi connectivity index (χ1) is 41.0. The molecule has 6 nitrogen and oxygen atoms in total. The molecule has 0 aromatic carbocycles. The molecule has 0 fully saturated rings. The average molecular weight is 1170 g/mol. The number of carbonyl (C=O) groups excluding carboxylic acids is 2. The highest BCUT2D eigenvalue weighted by Gasteiger charge is 2.18. The zero-order valence-electron chi connectivity index (χ0n) is 56.2. The fourth-order valence-corrected chi connectivity index (χ4v) is 11.9. The Morgan fingerprint density at radius 3 is 0.940 bits per heavy atom. The van der Waals surface area contributed by atoms with Crippen molar-refractivity contribution in [3.05, 3.63) is 36.5 Å². The highest BCUT2D eigenvalue weighted by Crippen LogP contribution is 2.19. The van der Waals surface area contributed by atoms with Crippen LogP contribution >= 0.6 is 0 Å². The van der Waals surface area contributed by atoms with Gasteiger partial charge in [0.15, 0.2) is 0 Å². The molecule has 0 saturated carbocycles. The molecule has 0 aliphatic rings.